The lowest BCUT2D eigenvalue weighted by molar-refractivity contribution is -0.116. The van der Waals surface area contributed by atoms with Crippen LogP contribution in [0, 0.1) is 0 Å². The third kappa shape index (κ3) is 6.44. The third-order valence-corrected chi connectivity index (χ3v) is 5.40. The summed E-state index contributed by atoms with van der Waals surface area (Å²) >= 11 is 3.35. The van der Waals surface area contributed by atoms with Crippen LogP contribution in [0.15, 0.2) is 57.9 Å². The standard InChI is InChI=1S/C18H21BrN2O4S/c1-13(2)21-26(23,24)17-8-6-15(7-9-17)20-18(22)10-11-25-16-5-3-4-14(19)12-16/h3-9,12-13,21H,10-11H2,1-2H3,(H,20,22). The minimum absolute atomic E-state index is 0.155. The Hall–Kier alpha value is -1.90. The number of nitrogens with one attached hydrogen (secondary N) is 2. The fraction of sp³-hybridized carbons (Fsp3) is 0.278. The largest absolute Gasteiger partial charge is 0.493 e. The topological polar surface area (TPSA) is 84.5 Å². The van der Waals surface area contributed by atoms with Crippen molar-refractivity contribution in [2.24, 2.45) is 0 Å². The van der Waals surface area contributed by atoms with Crippen molar-refractivity contribution < 1.29 is 17.9 Å². The van der Waals surface area contributed by atoms with Crippen LogP contribution in [0.25, 0.3) is 0 Å². The molecule has 8 heteroatoms. The predicted octanol–water partition coefficient (Wildman–Crippen LogP) is 3.54. The predicted molar refractivity (Wildman–Crippen MR) is 105 cm³/mol. The molecule has 0 spiro atoms. The smallest absolute Gasteiger partial charge is 0.240 e. The van der Waals surface area contributed by atoms with Crippen molar-refractivity contribution in [1.82, 2.24) is 4.72 Å². The van der Waals surface area contributed by atoms with Crippen LogP contribution in [-0.4, -0.2) is 27.0 Å². The van der Waals surface area contributed by atoms with Gasteiger partial charge in [0.25, 0.3) is 0 Å². The molecule has 0 bridgehead atoms. The van der Waals surface area contributed by atoms with Crippen LogP contribution in [-0.2, 0) is 14.8 Å². The zero-order valence-corrected chi connectivity index (χ0v) is 16.9. The SMILES string of the molecule is CC(C)NS(=O)(=O)c1ccc(NC(=O)CCOc2cccc(Br)c2)cc1. The highest BCUT2D eigenvalue weighted by molar-refractivity contribution is 9.10. The number of ether oxygens (including phenoxy) is 1. The maximum Gasteiger partial charge on any atom is 0.240 e. The van der Waals surface area contributed by atoms with E-state index < -0.39 is 10.0 Å². The first-order chi connectivity index (χ1) is 12.3. The van der Waals surface area contributed by atoms with Crippen molar-refractivity contribution in [3.63, 3.8) is 0 Å². The molecule has 0 saturated heterocycles. The monoisotopic (exact) mass is 440 g/mol. The van der Waals surface area contributed by atoms with E-state index in [1.165, 1.54) is 12.1 Å². The summed E-state index contributed by atoms with van der Waals surface area (Å²) < 4.78 is 33.0. The Bertz CT molecular complexity index is 852. The summed E-state index contributed by atoms with van der Waals surface area (Å²) in [5.74, 6) is 0.468. The first-order valence-electron chi connectivity index (χ1n) is 8.07. The van der Waals surface area contributed by atoms with Crippen LogP contribution >= 0.6 is 15.9 Å². The van der Waals surface area contributed by atoms with Crippen molar-refractivity contribution in [2.45, 2.75) is 31.2 Å². The number of carbonyl (C=O) groups is 1. The number of amides is 1. The first-order valence-corrected chi connectivity index (χ1v) is 10.3. The molecule has 2 aromatic carbocycles. The van der Waals surface area contributed by atoms with Gasteiger partial charge in [0.05, 0.1) is 17.9 Å². The summed E-state index contributed by atoms with van der Waals surface area (Å²) in [5, 5.41) is 2.72. The molecule has 0 atom stereocenters. The molecule has 0 heterocycles. The van der Waals surface area contributed by atoms with E-state index in [0.717, 1.165) is 4.47 Å². The molecule has 0 saturated carbocycles. The van der Waals surface area contributed by atoms with Gasteiger partial charge in [-0.05, 0) is 56.3 Å². The Morgan fingerprint density at radius 3 is 2.46 bits per heavy atom. The Balaban J connectivity index is 1.85. The first kappa shape index (κ1) is 20.4. The van der Waals surface area contributed by atoms with Gasteiger partial charge >= 0.3 is 0 Å². The van der Waals surface area contributed by atoms with Crippen LogP contribution in [0.3, 0.4) is 0 Å². The maximum atomic E-state index is 12.1. The van der Waals surface area contributed by atoms with Gasteiger partial charge in [0, 0.05) is 16.2 Å². The Morgan fingerprint density at radius 2 is 1.85 bits per heavy atom. The van der Waals surface area contributed by atoms with E-state index in [1.54, 1.807) is 26.0 Å². The average molecular weight is 441 g/mol. The van der Waals surface area contributed by atoms with Gasteiger partial charge in [-0.2, -0.15) is 0 Å². The van der Waals surface area contributed by atoms with Gasteiger partial charge < -0.3 is 10.1 Å². The minimum Gasteiger partial charge on any atom is -0.493 e. The highest BCUT2D eigenvalue weighted by Crippen LogP contribution is 2.18. The fourth-order valence-electron chi connectivity index (χ4n) is 2.14. The Morgan fingerprint density at radius 1 is 1.15 bits per heavy atom. The zero-order chi connectivity index (χ0) is 19.2. The molecule has 0 aliphatic carbocycles. The molecule has 0 radical (unpaired) electrons. The van der Waals surface area contributed by atoms with Gasteiger partial charge in [-0.15, -0.1) is 0 Å². The second kappa shape index (κ2) is 9.16. The molecule has 2 N–H and O–H groups in total. The van der Waals surface area contributed by atoms with Crippen LogP contribution in [0.2, 0.25) is 0 Å². The molecule has 0 fully saturated rings. The van der Waals surface area contributed by atoms with Gasteiger partial charge in [0.15, 0.2) is 0 Å². The zero-order valence-electron chi connectivity index (χ0n) is 14.5. The second-order valence-electron chi connectivity index (χ2n) is 5.90. The number of rotatable bonds is 8. The number of benzene rings is 2. The Labute approximate surface area is 162 Å². The number of hydrogen-bond acceptors (Lipinski definition) is 4. The van der Waals surface area contributed by atoms with Crippen molar-refractivity contribution in [3.8, 4) is 5.75 Å². The van der Waals surface area contributed by atoms with Gasteiger partial charge in [-0.1, -0.05) is 22.0 Å². The fourth-order valence-corrected chi connectivity index (χ4v) is 3.77. The molecular weight excluding hydrogens is 420 g/mol. The van der Waals surface area contributed by atoms with Crippen LogP contribution in [0.1, 0.15) is 20.3 Å². The van der Waals surface area contributed by atoms with Crippen molar-refractivity contribution in [1.29, 1.82) is 0 Å². The van der Waals surface area contributed by atoms with E-state index in [9.17, 15) is 13.2 Å². The quantitative estimate of drug-likeness (QED) is 0.657. The van der Waals surface area contributed by atoms with E-state index in [-0.39, 0.29) is 29.9 Å². The second-order valence-corrected chi connectivity index (χ2v) is 8.53. The van der Waals surface area contributed by atoms with Gasteiger partial charge in [0.2, 0.25) is 15.9 Å². The summed E-state index contributed by atoms with van der Waals surface area (Å²) in [4.78, 5) is 12.1. The molecular formula is C18H21BrN2O4S. The molecule has 2 aromatic rings. The molecule has 6 nitrogen and oxygen atoms in total. The van der Waals surface area contributed by atoms with Gasteiger partial charge in [-0.25, -0.2) is 13.1 Å². The number of halogens is 1. The molecule has 0 aromatic heterocycles. The molecule has 0 aliphatic rings. The third-order valence-electron chi connectivity index (χ3n) is 3.23. The van der Waals surface area contributed by atoms with Crippen LogP contribution in [0.5, 0.6) is 5.75 Å². The molecule has 0 unspecified atom stereocenters. The lowest BCUT2D eigenvalue weighted by Gasteiger charge is -2.11. The van der Waals surface area contributed by atoms with Crippen LogP contribution < -0.4 is 14.8 Å². The van der Waals surface area contributed by atoms with Gasteiger partial charge in [0.1, 0.15) is 5.75 Å². The molecule has 0 aliphatic heterocycles. The normalized spacial score (nSPS) is 11.4. The van der Waals surface area contributed by atoms with Crippen molar-refractivity contribution >= 4 is 37.5 Å². The summed E-state index contributed by atoms with van der Waals surface area (Å²) in [7, 11) is -3.54. The number of hydrogen-bond donors (Lipinski definition) is 2. The molecule has 2 rings (SSSR count). The summed E-state index contributed by atoms with van der Waals surface area (Å²) in [6, 6.07) is 13.2. The van der Waals surface area contributed by atoms with Crippen molar-refractivity contribution in [2.75, 3.05) is 11.9 Å². The molecule has 1 amide bonds. The van der Waals surface area contributed by atoms with E-state index >= 15 is 0 Å². The molecule has 140 valence electrons. The lowest BCUT2D eigenvalue weighted by atomic mass is 10.3. The van der Waals surface area contributed by atoms with Crippen molar-refractivity contribution in [3.05, 3.63) is 53.0 Å². The summed E-state index contributed by atoms with van der Waals surface area (Å²) in [6.45, 7) is 3.75. The number of sulfonamides is 1. The Kier molecular flexibility index (Phi) is 7.19. The highest BCUT2D eigenvalue weighted by Gasteiger charge is 2.15. The average Bonchev–Trinajstić information content (AvgIpc) is 2.54. The van der Waals surface area contributed by atoms with E-state index in [4.69, 9.17) is 4.74 Å². The number of carbonyl (C=O) groups excluding carboxylic acids is 1. The van der Waals surface area contributed by atoms with E-state index in [1.807, 2.05) is 24.3 Å². The number of anilines is 1. The minimum atomic E-state index is -3.54. The van der Waals surface area contributed by atoms with E-state index in [0.29, 0.717) is 11.4 Å². The summed E-state index contributed by atoms with van der Waals surface area (Å²) in [6.07, 6.45) is 0.182. The van der Waals surface area contributed by atoms with Gasteiger partial charge in [-0.3, -0.25) is 4.79 Å². The molecule has 26 heavy (non-hydrogen) atoms. The van der Waals surface area contributed by atoms with E-state index in [2.05, 4.69) is 26.0 Å². The highest BCUT2D eigenvalue weighted by atomic mass is 79.9. The lowest BCUT2D eigenvalue weighted by Crippen LogP contribution is -2.30. The maximum absolute atomic E-state index is 12.1. The summed E-state index contributed by atoms with van der Waals surface area (Å²) in [5.41, 5.74) is 0.529. The van der Waals surface area contributed by atoms with Crippen LogP contribution in [0.4, 0.5) is 5.69 Å².